The first-order chi connectivity index (χ1) is 10.1. The third-order valence-corrected chi connectivity index (χ3v) is 3.11. The minimum atomic E-state index is -0.661. The number of hydrogen-bond acceptors (Lipinski definition) is 5. The number of carbonyl (C=O) groups excluding carboxylic acids is 2. The SMILES string of the molecule is CCOC(=O)Nc1c(C(=O)OCC)oc2ccc(Br)cc12. The van der Waals surface area contributed by atoms with Crippen molar-refractivity contribution < 1.29 is 23.5 Å². The fourth-order valence-electron chi connectivity index (χ4n) is 1.80. The van der Waals surface area contributed by atoms with E-state index in [1.54, 1.807) is 32.0 Å². The molecule has 7 heteroatoms. The van der Waals surface area contributed by atoms with Gasteiger partial charge in [-0.1, -0.05) is 15.9 Å². The van der Waals surface area contributed by atoms with Gasteiger partial charge in [-0.25, -0.2) is 9.59 Å². The van der Waals surface area contributed by atoms with Crippen molar-refractivity contribution in [2.45, 2.75) is 13.8 Å². The van der Waals surface area contributed by atoms with Gasteiger partial charge >= 0.3 is 12.1 Å². The first kappa shape index (κ1) is 15.4. The van der Waals surface area contributed by atoms with Gasteiger partial charge in [-0.3, -0.25) is 5.32 Å². The fraction of sp³-hybridized carbons (Fsp3) is 0.286. The van der Waals surface area contributed by atoms with Crippen LogP contribution in [0.5, 0.6) is 0 Å². The third-order valence-electron chi connectivity index (χ3n) is 2.61. The molecule has 1 aromatic heterocycles. The summed E-state index contributed by atoms with van der Waals surface area (Å²) >= 11 is 3.34. The summed E-state index contributed by atoms with van der Waals surface area (Å²) in [5.41, 5.74) is 0.705. The van der Waals surface area contributed by atoms with E-state index in [4.69, 9.17) is 13.9 Å². The van der Waals surface area contributed by atoms with E-state index in [0.717, 1.165) is 4.47 Å². The van der Waals surface area contributed by atoms with Crippen LogP contribution in [0.15, 0.2) is 27.1 Å². The van der Waals surface area contributed by atoms with Crippen molar-refractivity contribution in [1.82, 2.24) is 0 Å². The molecular weight excluding hydrogens is 342 g/mol. The molecule has 0 unspecified atom stereocenters. The van der Waals surface area contributed by atoms with Gasteiger partial charge in [0.1, 0.15) is 11.3 Å². The monoisotopic (exact) mass is 355 g/mol. The number of amides is 1. The largest absolute Gasteiger partial charge is 0.460 e. The van der Waals surface area contributed by atoms with Crippen LogP contribution in [0.2, 0.25) is 0 Å². The molecule has 112 valence electrons. The summed E-state index contributed by atoms with van der Waals surface area (Å²) < 4.78 is 16.0. The van der Waals surface area contributed by atoms with E-state index >= 15 is 0 Å². The molecule has 0 bridgehead atoms. The quantitative estimate of drug-likeness (QED) is 0.840. The summed E-state index contributed by atoms with van der Waals surface area (Å²) in [7, 11) is 0. The molecule has 0 spiro atoms. The highest BCUT2D eigenvalue weighted by molar-refractivity contribution is 9.10. The zero-order chi connectivity index (χ0) is 15.4. The third kappa shape index (κ3) is 3.36. The number of esters is 1. The van der Waals surface area contributed by atoms with Crippen LogP contribution in [0.1, 0.15) is 24.4 Å². The molecule has 1 amide bonds. The van der Waals surface area contributed by atoms with E-state index in [1.807, 2.05) is 0 Å². The summed E-state index contributed by atoms with van der Waals surface area (Å²) in [4.78, 5) is 23.6. The van der Waals surface area contributed by atoms with Crippen molar-refractivity contribution in [2.24, 2.45) is 0 Å². The van der Waals surface area contributed by atoms with Crippen molar-refractivity contribution in [1.29, 1.82) is 0 Å². The maximum absolute atomic E-state index is 11.9. The highest BCUT2D eigenvalue weighted by atomic mass is 79.9. The molecule has 0 aliphatic carbocycles. The molecule has 1 aromatic carbocycles. The van der Waals surface area contributed by atoms with Gasteiger partial charge in [0.2, 0.25) is 5.76 Å². The zero-order valence-corrected chi connectivity index (χ0v) is 13.2. The maximum atomic E-state index is 11.9. The van der Waals surface area contributed by atoms with Gasteiger partial charge in [-0.15, -0.1) is 0 Å². The molecule has 2 aromatic rings. The van der Waals surface area contributed by atoms with Crippen LogP contribution in [0.25, 0.3) is 11.0 Å². The second-order valence-electron chi connectivity index (χ2n) is 4.01. The van der Waals surface area contributed by atoms with Crippen LogP contribution in [-0.4, -0.2) is 25.3 Å². The van der Waals surface area contributed by atoms with Crippen LogP contribution in [0, 0.1) is 0 Å². The minimum Gasteiger partial charge on any atom is -0.460 e. The van der Waals surface area contributed by atoms with Gasteiger partial charge in [0, 0.05) is 9.86 Å². The van der Waals surface area contributed by atoms with Crippen LogP contribution < -0.4 is 5.32 Å². The number of furan rings is 1. The van der Waals surface area contributed by atoms with Gasteiger partial charge in [0.25, 0.3) is 0 Å². The molecule has 1 N–H and O–H groups in total. The van der Waals surface area contributed by atoms with E-state index in [2.05, 4.69) is 21.2 Å². The standard InChI is InChI=1S/C14H14BrNO5/c1-3-19-13(17)12-11(16-14(18)20-4-2)9-7-8(15)5-6-10(9)21-12/h5-7H,3-4H2,1-2H3,(H,16,18). The van der Waals surface area contributed by atoms with Gasteiger partial charge in [-0.2, -0.15) is 0 Å². The smallest absolute Gasteiger partial charge is 0.411 e. The number of halogens is 1. The Morgan fingerprint density at radius 3 is 2.62 bits per heavy atom. The highest BCUT2D eigenvalue weighted by Crippen LogP contribution is 2.33. The lowest BCUT2D eigenvalue weighted by Gasteiger charge is -2.05. The predicted molar refractivity (Wildman–Crippen MR) is 80.5 cm³/mol. The summed E-state index contributed by atoms with van der Waals surface area (Å²) in [6.45, 7) is 3.81. The normalized spacial score (nSPS) is 10.4. The molecule has 0 aliphatic heterocycles. The van der Waals surface area contributed by atoms with Crippen LogP contribution in [0.3, 0.4) is 0 Å². The van der Waals surface area contributed by atoms with E-state index in [-0.39, 0.29) is 24.7 Å². The number of rotatable bonds is 4. The lowest BCUT2D eigenvalue weighted by molar-refractivity contribution is 0.0494. The number of fused-ring (bicyclic) bond motifs is 1. The average Bonchev–Trinajstić information content (AvgIpc) is 2.78. The van der Waals surface area contributed by atoms with Gasteiger partial charge in [-0.05, 0) is 32.0 Å². The highest BCUT2D eigenvalue weighted by Gasteiger charge is 2.23. The summed E-state index contributed by atoms with van der Waals surface area (Å²) in [5, 5.41) is 3.11. The Balaban J connectivity index is 2.50. The number of anilines is 1. The van der Waals surface area contributed by atoms with Gasteiger partial charge in [0.15, 0.2) is 0 Å². The molecule has 0 aliphatic rings. The van der Waals surface area contributed by atoms with Crippen molar-refractivity contribution in [3.05, 3.63) is 28.4 Å². The molecule has 0 saturated heterocycles. The van der Waals surface area contributed by atoms with Crippen molar-refractivity contribution >= 4 is 44.6 Å². The molecule has 6 nitrogen and oxygen atoms in total. The molecule has 0 radical (unpaired) electrons. The fourth-order valence-corrected chi connectivity index (χ4v) is 2.16. The molecule has 21 heavy (non-hydrogen) atoms. The Morgan fingerprint density at radius 1 is 1.24 bits per heavy atom. The van der Waals surface area contributed by atoms with Crippen LogP contribution in [-0.2, 0) is 9.47 Å². The Morgan fingerprint density at radius 2 is 1.95 bits per heavy atom. The molecule has 2 rings (SSSR count). The summed E-state index contributed by atoms with van der Waals surface area (Å²) in [6, 6.07) is 5.20. The first-order valence-corrected chi connectivity index (χ1v) is 7.19. The minimum absolute atomic E-state index is 0.0574. The summed E-state index contributed by atoms with van der Waals surface area (Å²) in [6.07, 6.45) is -0.661. The Kier molecular flexibility index (Phi) is 4.85. The second kappa shape index (κ2) is 6.62. The van der Waals surface area contributed by atoms with Crippen molar-refractivity contribution in [2.75, 3.05) is 18.5 Å². The molecule has 1 heterocycles. The van der Waals surface area contributed by atoms with Crippen LogP contribution >= 0.6 is 15.9 Å². The number of carbonyl (C=O) groups is 2. The average molecular weight is 356 g/mol. The van der Waals surface area contributed by atoms with Gasteiger partial charge < -0.3 is 13.9 Å². The van der Waals surface area contributed by atoms with E-state index in [9.17, 15) is 9.59 Å². The lowest BCUT2D eigenvalue weighted by Crippen LogP contribution is -2.15. The van der Waals surface area contributed by atoms with E-state index in [1.165, 1.54) is 0 Å². The Labute approximate surface area is 129 Å². The summed E-state index contributed by atoms with van der Waals surface area (Å²) in [5.74, 6) is -0.699. The topological polar surface area (TPSA) is 77.8 Å². The van der Waals surface area contributed by atoms with Gasteiger partial charge in [0.05, 0.1) is 13.2 Å². The molecule has 0 fully saturated rings. The predicted octanol–water partition coefficient (Wildman–Crippen LogP) is 3.94. The zero-order valence-electron chi connectivity index (χ0n) is 11.6. The molecule has 0 saturated carbocycles. The first-order valence-electron chi connectivity index (χ1n) is 6.39. The number of hydrogen-bond donors (Lipinski definition) is 1. The number of benzene rings is 1. The lowest BCUT2D eigenvalue weighted by atomic mass is 10.2. The van der Waals surface area contributed by atoms with E-state index < -0.39 is 12.1 Å². The van der Waals surface area contributed by atoms with E-state index in [0.29, 0.717) is 11.0 Å². The van der Waals surface area contributed by atoms with Crippen LogP contribution in [0.4, 0.5) is 10.5 Å². The van der Waals surface area contributed by atoms with Crippen molar-refractivity contribution in [3.8, 4) is 0 Å². The number of ether oxygens (including phenoxy) is 2. The Hall–Kier alpha value is -2.02. The molecule has 0 atom stereocenters. The maximum Gasteiger partial charge on any atom is 0.411 e. The molecular formula is C14H14BrNO5. The number of nitrogens with one attached hydrogen (secondary N) is 1. The Bertz CT molecular complexity index is 679. The second-order valence-corrected chi connectivity index (χ2v) is 4.93. The van der Waals surface area contributed by atoms with Crippen molar-refractivity contribution in [3.63, 3.8) is 0 Å².